The van der Waals surface area contributed by atoms with E-state index in [1.807, 2.05) is 19.1 Å². The molecule has 120 valence electrons. The van der Waals surface area contributed by atoms with Crippen LogP contribution in [-0.2, 0) is 16.1 Å². The van der Waals surface area contributed by atoms with Gasteiger partial charge in [0, 0.05) is 42.0 Å². The van der Waals surface area contributed by atoms with Crippen LogP contribution in [-0.4, -0.2) is 35.7 Å². The predicted octanol–water partition coefficient (Wildman–Crippen LogP) is 3.32. The summed E-state index contributed by atoms with van der Waals surface area (Å²) in [6.07, 6.45) is 2.09. The monoisotopic (exact) mass is 386 g/mol. The lowest BCUT2D eigenvalue weighted by Crippen LogP contribution is -2.51. The Hall–Kier alpha value is -0.620. The molecule has 2 fully saturated rings. The third kappa shape index (κ3) is 3.32. The number of carbonyl (C=O) groups excluding carboxylic acids is 1. The Morgan fingerprint density at radius 1 is 1.45 bits per heavy atom. The normalized spacial score (nSPS) is 24.7. The number of carbonyl (C=O) groups is 1. The first kappa shape index (κ1) is 16.2. The van der Waals surface area contributed by atoms with Crippen LogP contribution in [0.2, 0.25) is 5.02 Å². The molecule has 0 unspecified atom stereocenters. The third-order valence-electron chi connectivity index (χ3n) is 4.45. The number of piperidine rings is 1. The van der Waals surface area contributed by atoms with Crippen LogP contribution in [0.15, 0.2) is 22.7 Å². The summed E-state index contributed by atoms with van der Waals surface area (Å²) in [6, 6.07) is 5.99. The van der Waals surface area contributed by atoms with Gasteiger partial charge in [-0.05, 0) is 24.1 Å². The second kappa shape index (κ2) is 6.48. The summed E-state index contributed by atoms with van der Waals surface area (Å²) in [5, 5.41) is 3.84. The molecule has 2 aliphatic rings. The molecule has 0 bridgehead atoms. The first-order valence-corrected chi connectivity index (χ1v) is 8.84. The molecular weight excluding hydrogens is 368 g/mol. The SMILES string of the molecule is CC[C@@H]1OC2(CCN(Cc3ccc(Br)cc3Cl)CC2)NC1=O. The van der Waals surface area contributed by atoms with Crippen LogP contribution in [0, 0.1) is 0 Å². The number of likely N-dealkylation sites (tertiary alicyclic amines) is 1. The Morgan fingerprint density at radius 2 is 2.18 bits per heavy atom. The van der Waals surface area contributed by atoms with Crippen LogP contribution in [0.5, 0.6) is 0 Å². The molecule has 4 nitrogen and oxygen atoms in total. The molecule has 1 aromatic rings. The van der Waals surface area contributed by atoms with Gasteiger partial charge in [0.25, 0.3) is 5.91 Å². The van der Waals surface area contributed by atoms with E-state index < -0.39 is 5.72 Å². The average molecular weight is 388 g/mol. The van der Waals surface area contributed by atoms with Crippen molar-refractivity contribution in [2.75, 3.05) is 13.1 Å². The summed E-state index contributed by atoms with van der Waals surface area (Å²) < 4.78 is 6.96. The van der Waals surface area contributed by atoms with Crippen molar-refractivity contribution in [2.45, 2.75) is 44.6 Å². The first-order valence-electron chi connectivity index (χ1n) is 7.67. The van der Waals surface area contributed by atoms with Crippen molar-refractivity contribution in [3.05, 3.63) is 33.3 Å². The molecule has 2 heterocycles. The number of hydrogen-bond acceptors (Lipinski definition) is 3. The fraction of sp³-hybridized carbons (Fsp3) is 0.562. The minimum Gasteiger partial charge on any atom is -0.343 e. The first-order chi connectivity index (χ1) is 10.5. The standard InChI is InChI=1S/C16H20BrClN2O2/c1-2-14-15(21)19-16(22-14)5-7-20(8-6-16)10-11-3-4-12(17)9-13(11)18/h3-4,9,14H,2,5-8,10H2,1H3,(H,19,21)/t14-/m0/s1. The molecule has 6 heteroatoms. The molecule has 1 atom stereocenters. The van der Waals surface area contributed by atoms with Gasteiger partial charge in [-0.1, -0.05) is 40.5 Å². The second-order valence-electron chi connectivity index (χ2n) is 6.01. The van der Waals surface area contributed by atoms with Crippen molar-refractivity contribution >= 4 is 33.4 Å². The number of hydrogen-bond donors (Lipinski definition) is 1. The van der Waals surface area contributed by atoms with Crippen molar-refractivity contribution in [1.29, 1.82) is 0 Å². The topological polar surface area (TPSA) is 41.6 Å². The second-order valence-corrected chi connectivity index (χ2v) is 7.33. The maximum atomic E-state index is 11.9. The van der Waals surface area contributed by atoms with E-state index in [9.17, 15) is 4.79 Å². The van der Waals surface area contributed by atoms with Crippen molar-refractivity contribution in [2.24, 2.45) is 0 Å². The number of halogens is 2. The quantitative estimate of drug-likeness (QED) is 0.865. The fourth-order valence-corrected chi connectivity index (χ4v) is 3.87. The van der Waals surface area contributed by atoms with Gasteiger partial charge < -0.3 is 10.1 Å². The lowest BCUT2D eigenvalue weighted by molar-refractivity contribution is -0.124. The van der Waals surface area contributed by atoms with Crippen molar-refractivity contribution < 1.29 is 9.53 Å². The largest absolute Gasteiger partial charge is 0.343 e. The molecular formula is C16H20BrClN2O2. The molecule has 2 aliphatic heterocycles. The van der Waals surface area contributed by atoms with Gasteiger partial charge in [0.2, 0.25) is 0 Å². The Kier molecular flexibility index (Phi) is 4.78. The van der Waals surface area contributed by atoms with E-state index in [4.69, 9.17) is 16.3 Å². The van der Waals surface area contributed by atoms with Gasteiger partial charge in [-0.25, -0.2) is 0 Å². The van der Waals surface area contributed by atoms with E-state index in [0.29, 0.717) is 0 Å². The molecule has 1 spiro atoms. The molecule has 3 rings (SSSR count). The lowest BCUT2D eigenvalue weighted by Gasteiger charge is -2.38. The Morgan fingerprint density at radius 3 is 2.77 bits per heavy atom. The van der Waals surface area contributed by atoms with Gasteiger partial charge >= 0.3 is 0 Å². The van der Waals surface area contributed by atoms with Crippen LogP contribution in [0.4, 0.5) is 0 Å². The molecule has 1 N–H and O–H groups in total. The highest BCUT2D eigenvalue weighted by atomic mass is 79.9. The number of benzene rings is 1. The number of amides is 1. The summed E-state index contributed by atoms with van der Waals surface area (Å²) in [6.45, 7) is 4.59. The van der Waals surface area contributed by atoms with Gasteiger partial charge in [0.15, 0.2) is 0 Å². The highest BCUT2D eigenvalue weighted by molar-refractivity contribution is 9.10. The van der Waals surface area contributed by atoms with Crippen LogP contribution < -0.4 is 5.32 Å². The smallest absolute Gasteiger partial charge is 0.251 e. The molecule has 1 amide bonds. The van der Waals surface area contributed by atoms with Crippen LogP contribution in [0.3, 0.4) is 0 Å². The summed E-state index contributed by atoms with van der Waals surface area (Å²) >= 11 is 9.71. The van der Waals surface area contributed by atoms with Gasteiger partial charge in [-0.15, -0.1) is 0 Å². The number of rotatable bonds is 3. The summed E-state index contributed by atoms with van der Waals surface area (Å²) in [5.74, 6) is 0.0342. The van der Waals surface area contributed by atoms with E-state index in [-0.39, 0.29) is 12.0 Å². The molecule has 22 heavy (non-hydrogen) atoms. The average Bonchev–Trinajstić information content (AvgIpc) is 2.80. The summed E-state index contributed by atoms with van der Waals surface area (Å²) in [4.78, 5) is 14.2. The van der Waals surface area contributed by atoms with E-state index in [1.54, 1.807) is 0 Å². The molecule has 0 radical (unpaired) electrons. The highest BCUT2D eigenvalue weighted by Crippen LogP contribution is 2.32. The van der Waals surface area contributed by atoms with Crippen molar-refractivity contribution in [3.8, 4) is 0 Å². The molecule has 0 saturated carbocycles. The summed E-state index contributed by atoms with van der Waals surface area (Å²) in [5.41, 5.74) is 0.682. The molecule has 0 aromatic heterocycles. The third-order valence-corrected chi connectivity index (χ3v) is 5.30. The lowest BCUT2D eigenvalue weighted by atomic mass is 10.00. The molecule has 1 aromatic carbocycles. The minimum absolute atomic E-state index is 0.0342. The van der Waals surface area contributed by atoms with E-state index >= 15 is 0 Å². The zero-order valence-electron chi connectivity index (χ0n) is 12.6. The van der Waals surface area contributed by atoms with Gasteiger partial charge in [-0.3, -0.25) is 9.69 Å². The maximum absolute atomic E-state index is 11.9. The predicted molar refractivity (Wildman–Crippen MR) is 89.7 cm³/mol. The van der Waals surface area contributed by atoms with E-state index in [0.717, 1.165) is 54.0 Å². The minimum atomic E-state index is -0.447. The highest BCUT2D eigenvalue weighted by Gasteiger charge is 2.46. The van der Waals surface area contributed by atoms with Crippen molar-refractivity contribution in [1.82, 2.24) is 10.2 Å². The zero-order chi connectivity index (χ0) is 15.7. The van der Waals surface area contributed by atoms with Gasteiger partial charge in [0.1, 0.15) is 11.8 Å². The van der Waals surface area contributed by atoms with Gasteiger partial charge in [-0.2, -0.15) is 0 Å². The van der Waals surface area contributed by atoms with Crippen LogP contribution in [0.25, 0.3) is 0 Å². The van der Waals surface area contributed by atoms with Crippen molar-refractivity contribution in [3.63, 3.8) is 0 Å². The van der Waals surface area contributed by atoms with Crippen LogP contribution >= 0.6 is 27.5 Å². The Bertz CT molecular complexity index is 573. The molecule has 2 saturated heterocycles. The Balaban J connectivity index is 1.59. The maximum Gasteiger partial charge on any atom is 0.251 e. The van der Waals surface area contributed by atoms with Crippen LogP contribution in [0.1, 0.15) is 31.7 Å². The Labute approximate surface area is 144 Å². The van der Waals surface area contributed by atoms with E-state index in [1.165, 1.54) is 0 Å². The van der Waals surface area contributed by atoms with Gasteiger partial charge in [0.05, 0.1) is 0 Å². The summed E-state index contributed by atoms with van der Waals surface area (Å²) in [7, 11) is 0. The fourth-order valence-electron chi connectivity index (χ4n) is 3.14. The zero-order valence-corrected chi connectivity index (χ0v) is 14.9. The van der Waals surface area contributed by atoms with E-state index in [2.05, 4.69) is 32.2 Å². The number of ether oxygens (including phenoxy) is 1. The number of nitrogens with one attached hydrogen (secondary N) is 1. The number of nitrogens with zero attached hydrogens (tertiary/aromatic N) is 1. The molecule has 0 aliphatic carbocycles.